The number of anilines is 1. The summed E-state index contributed by atoms with van der Waals surface area (Å²) in [6.45, 7) is 0.429. The molecular weight excluding hydrogens is 518 g/mol. The van der Waals surface area contributed by atoms with Crippen LogP contribution in [-0.4, -0.2) is 23.3 Å². The van der Waals surface area contributed by atoms with Crippen LogP contribution in [0.4, 0.5) is 5.69 Å². The van der Waals surface area contributed by atoms with Crippen LogP contribution >= 0.6 is 43.2 Å². The van der Waals surface area contributed by atoms with Crippen LogP contribution in [0.2, 0.25) is 0 Å². The van der Waals surface area contributed by atoms with E-state index in [1.807, 2.05) is 42.5 Å². The summed E-state index contributed by atoms with van der Waals surface area (Å²) >= 11 is 8.06. The smallest absolute Gasteiger partial charge is 0.264 e. The number of hydrogen-bond acceptors (Lipinski definition) is 4. The molecule has 0 bridgehead atoms. The molecule has 148 valence electrons. The highest BCUT2D eigenvalue weighted by molar-refractivity contribution is 9.11. The minimum atomic E-state index is -1.87. The monoisotopic (exact) mass is 533 g/mol. The molecule has 1 aromatic heterocycles. The minimum absolute atomic E-state index is 0.257. The Kier molecular flexibility index (Phi) is 5.75. The van der Waals surface area contributed by atoms with E-state index in [9.17, 15) is 14.7 Å². The normalized spacial score (nSPS) is 18.2. The number of halogens is 2. The first kappa shape index (κ1) is 20.5. The van der Waals surface area contributed by atoms with Crippen LogP contribution in [-0.2, 0) is 16.8 Å². The molecule has 0 saturated carbocycles. The molecule has 1 atom stereocenters. The topological polar surface area (TPSA) is 57.6 Å². The first-order valence-corrected chi connectivity index (χ1v) is 11.5. The van der Waals surface area contributed by atoms with Gasteiger partial charge in [0.05, 0.1) is 20.8 Å². The van der Waals surface area contributed by atoms with E-state index in [-0.39, 0.29) is 12.2 Å². The number of benzene rings is 2. The van der Waals surface area contributed by atoms with E-state index in [4.69, 9.17) is 0 Å². The van der Waals surface area contributed by atoms with E-state index in [0.717, 1.165) is 13.8 Å². The predicted octanol–water partition coefficient (Wildman–Crippen LogP) is 5.32. The number of hydrogen-bond donors (Lipinski definition) is 1. The summed E-state index contributed by atoms with van der Waals surface area (Å²) in [6.07, 6.45) is 0.369. The zero-order valence-corrected chi connectivity index (χ0v) is 19.3. The molecule has 29 heavy (non-hydrogen) atoms. The first-order valence-electron chi connectivity index (χ1n) is 9.05. The molecule has 0 aliphatic carbocycles. The average molecular weight is 535 g/mol. The Hall–Kier alpha value is -1.80. The quantitative estimate of drug-likeness (QED) is 0.435. The van der Waals surface area contributed by atoms with Gasteiger partial charge in [0.15, 0.2) is 11.4 Å². The summed E-state index contributed by atoms with van der Waals surface area (Å²) in [5.74, 6) is -0.710. The highest BCUT2D eigenvalue weighted by atomic mass is 79.9. The standard InChI is InChI=1S/C22H17Br2NO3S/c23-15-6-7-17-16(12-15)22(28,13-18(26)19-8-9-20(24)29-19)21(27)25(17)11-10-14-4-2-1-3-5-14/h1-9,12,28H,10-11,13H2/t22-/m0/s1. The summed E-state index contributed by atoms with van der Waals surface area (Å²) in [5, 5.41) is 11.4. The maximum Gasteiger partial charge on any atom is 0.264 e. The van der Waals surface area contributed by atoms with Crippen LogP contribution in [0.3, 0.4) is 0 Å². The van der Waals surface area contributed by atoms with Crippen LogP contribution in [0.15, 0.2) is 68.9 Å². The van der Waals surface area contributed by atoms with Gasteiger partial charge in [0.1, 0.15) is 0 Å². The third-order valence-corrected chi connectivity index (χ3v) is 7.18. The van der Waals surface area contributed by atoms with E-state index >= 15 is 0 Å². The fourth-order valence-corrected chi connectivity index (χ4v) is 5.27. The molecule has 1 N–H and O–H groups in total. The molecule has 4 nitrogen and oxygen atoms in total. The van der Waals surface area contributed by atoms with Crippen LogP contribution in [0, 0.1) is 0 Å². The lowest BCUT2D eigenvalue weighted by molar-refractivity contribution is -0.135. The Morgan fingerprint density at radius 3 is 2.52 bits per heavy atom. The molecule has 1 amide bonds. The highest BCUT2D eigenvalue weighted by Crippen LogP contribution is 2.44. The van der Waals surface area contributed by atoms with Crippen molar-refractivity contribution in [2.75, 3.05) is 11.4 Å². The number of amides is 1. The SMILES string of the molecule is O=C(C[C@@]1(O)C(=O)N(CCc2ccccc2)c2ccc(Br)cc21)c1ccc(Br)s1. The molecule has 0 radical (unpaired) electrons. The lowest BCUT2D eigenvalue weighted by Crippen LogP contribution is -2.42. The van der Waals surface area contributed by atoms with Crippen LogP contribution in [0.25, 0.3) is 0 Å². The highest BCUT2D eigenvalue weighted by Gasteiger charge is 2.51. The van der Waals surface area contributed by atoms with Gasteiger partial charge in [-0.2, -0.15) is 0 Å². The fourth-order valence-electron chi connectivity index (χ4n) is 3.58. The van der Waals surface area contributed by atoms with Crippen molar-refractivity contribution in [2.45, 2.75) is 18.4 Å². The third-order valence-electron chi connectivity index (χ3n) is 5.03. The summed E-state index contributed by atoms with van der Waals surface area (Å²) < 4.78 is 1.58. The third kappa shape index (κ3) is 3.97. The van der Waals surface area contributed by atoms with Gasteiger partial charge in [-0.3, -0.25) is 9.59 Å². The number of carbonyl (C=O) groups excluding carboxylic acids is 2. The Labute approximate surface area is 189 Å². The molecule has 3 aromatic rings. The van der Waals surface area contributed by atoms with Crippen molar-refractivity contribution in [1.82, 2.24) is 0 Å². The van der Waals surface area contributed by atoms with Gasteiger partial charge in [-0.05, 0) is 58.2 Å². The van der Waals surface area contributed by atoms with Gasteiger partial charge in [0.2, 0.25) is 0 Å². The van der Waals surface area contributed by atoms with Gasteiger partial charge >= 0.3 is 0 Å². The van der Waals surface area contributed by atoms with Crippen molar-refractivity contribution in [3.8, 4) is 0 Å². The van der Waals surface area contributed by atoms with Crippen molar-refractivity contribution < 1.29 is 14.7 Å². The molecule has 2 aromatic carbocycles. The Morgan fingerprint density at radius 2 is 1.83 bits per heavy atom. The molecule has 0 saturated heterocycles. The van der Waals surface area contributed by atoms with E-state index in [0.29, 0.717) is 29.1 Å². The second-order valence-electron chi connectivity index (χ2n) is 6.92. The lowest BCUT2D eigenvalue weighted by Gasteiger charge is -2.22. The number of rotatable bonds is 6. The summed E-state index contributed by atoms with van der Waals surface area (Å²) in [6, 6.07) is 18.8. The molecule has 0 spiro atoms. The summed E-state index contributed by atoms with van der Waals surface area (Å²) in [7, 11) is 0. The van der Waals surface area contributed by atoms with E-state index in [1.54, 1.807) is 23.1 Å². The largest absolute Gasteiger partial charge is 0.375 e. The van der Waals surface area contributed by atoms with Crippen molar-refractivity contribution in [3.05, 3.63) is 84.9 Å². The van der Waals surface area contributed by atoms with E-state index < -0.39 is 11.5 Å². The maximum absolute atomic E-state index is 13.3. The molecule has 7 heteroatoms. The van der Waals surface area contributed by atoms with Crippen molar-refractivity contribution in [1.29, 1.82) is 0 Å². The maximum atomic E-state index is 13.3. The van der Waals surface area contributed by atoms with Crippen LogP contribution in [0.5, 0.6) is 0 Å². The fraction of sp³-hybridized carbons (Fsp3) is 0.182. The summed E-state index contributed by atoms with van der Waals surface area (Å²) in [5.41, 5.74) is 0.350. The predicted molar refractivity (Wildman–Crippen MR) is 122 cm³/mol. The Morgan fingerprint density at radius 1 is 1.07 bits per heavy atom. The zero-order chi connectivity index (χ0) is 20.6. The number of fused-ring (bicyclic) bond motifs is 1. The van der Waals surface area contributed by atoms with E-state index in [2.05, 4.69) is 31.9 Å². The van der Waals surface area contributed by atoms with Gasteiger partial charge in [-0.25, -0.2) is 0 Å². The van der Waals surface area contributed by atoms with Gasteiger partial charge in [-0.15, -0.1) is 11.3 Å². The van der Waals surface area contributed by atoms with Crippen molar-refractivity contribution >= 4 is 60.6 Å². The molecular formula is C22H17Br2NO3S. The molecule has 4 rings (SSSR count). The second kappa shape index (κ2) is 8.14. The number of thiophene rings is 1. The minimum Gasteiger partial charge on any atom is -0.375 e. The van der Waals surface area contributed by atoms with Crippen molar-refractivity contribution in [2.24, 2.45) is 0 Å². The molecule has 1 aliphatic rings. The van der Waals surface area contributed by atoms with Crippen LogP contribution < -0.4 is 4.90 Å². The van der Waals surface area contributed by atoms with Gasteiger partial charge in [0, 0.05) is 16.6 Å². The Balaban J connectivity index is 1.65. The number of ketones is 1. The molecule has 0 fully saturated rings. The van der Waals surface area contributed by atoms with Gasteiger partial charge in [-0.1, -0.05) is 46.3 Å². The lowest BCUT2D eigenvalue weighted by atomic mass is 9.89. The molecule has 1 aliphatic heterocycles. The number of carbonyl (C=O) groups is 2. The summed E-state index contributed by atoms with van der Waals surface area (Å²) in [4.78, 5) is 28.2. The zero-order valence-electron chi connectivity index (χ0n) is 15.3. The van der Waals surface area contributed by atoms with Gasteiger partial charge < -0.3 is 10.0 Å². The molecule has 0 unspecified atom stereocenters. The Bertz CT molecular complexity index is 1080. The van der Waals surface area contributed by atoms with Crippen LogP contribution in [0.1, 0.15) is 27.2 Å². The molecule has 2 heterocycles. The number of Topliss-reactive ketones (excluding diaryl/α,β-unsaturated/α-hetero) is 1. The number of nitrogens with zero attached hydrogens (tertiary/aromatic N) is 1. The van der Waals surface area contributed by atoms with Crippen molar-refractivity contribution in [3.63, 3.8) is 0 Å². The van der Waals surface area contributed by atoms with Gasteiger partial charge in [0.25, 0.3) is 5.91 Å². The number of aliphatic hydroxyl groups is 1. The first-order chi connectivity index (χ1) is 13.9. The second-order valence-corrected chi connectivity index (χ2v) is 10.3. The van der Waals surface area contributed by atoms with E-state index in [1.165, 1.54) is 11.3 Å². The average Bonchev–Trinajstić information content (AvgIpc) is 3.23.